The van der Waals surface area contributed by atoms with Crippen LogP contribution in [0.3, 0.4) is 0 Å². The average molecular weight is 248 g/mol. The molecule has 2 atom stereocenters. The molecule has 1 aliphatic rings. The van der Waals surface area contributed by atoms with Gasteiger partial charge in [-0.05, 0) is 24.5 Å². The summed E-state index contributed by atoms with van der Waals surface area (Å²) in [6, 6.07) is 9.73. The Balaban J connectivity index is 2.01. The first-order valence-corrected chi connectivity index (χ1v) is 7.20. The van der Waals surface area contributed by atoms with Crippen LogP contribution in [0.5, 0.6) is 0 Å². The van der Waals surface area contributed by atoms with E-state index in [4.69, 9.17) is 0 Å². The highest BCUT2D eigenvalue weighted by molar-refractivity contribution is 7.89. The summed E-state index contributed by atoms with van der Waals surface area (Å²) in [6.07, 6.45) is 5.16. The van der Waals surface area contributed by atoms with Gasteiger partial charge in [0, 0.05) is 11.8 Å². The molecule has 1 aliphatic carbocycles. The molecule has 0 heterocycles. The van der Waals surface area contributed by atoms with Crippen molar-refractivity contribution in [1.82, 2.24) is 0 Å². The van der Waals surface area contributed by atoms with Crippen molar-refractivity contribution in [3.05, 3.63) is 41.3 Å². The number of hydrogen-bond donors (Lipinski definition) is 0. The van der Waals surface area contributed by atoms with Crippen LogP contribution in [0.15, 0.2) is 35.7 Å². The minimum absolute atomic E-state index is 0.160. The number of benzene rings is 1. The Labute approximate surface area is 104 Å². The summed E-state index contributed by atoms with van der Waals surface area (Å²) >= 11 is 0. The number of rotatable bonds is 3. The lowest BCUT2D eigenvalue weighted by Gasteiger charge is -2.17. The average Bonchev–Trinajstić information content (AvgIpc) is 2.38. The topological polar surface area (TPSA) is 34.1 Å². The second kappa shape index (κ2) is 5.92. The fourth-order valence-corrected chi connectivity index (χ4v) is 3.26. The molecule has 0 bridgehead atoms. The third kappa shape index (κ3) is 3.37. The van der Waals surface area contributed by atoms with Crippen molar-refractivity contribution in [1.29, 1.82) is 0 Å². The lowest BCUT2D eigenvalue weighted by Crippen LogP contribution is -2.27. The van der Waals surface area contributed by atoms with Gasteiger partial charge in [-0.3, -0.25) is 9.00 Å². The third-order valence-electron chi connectivity index (χ3n) is 2.97. The zero-order valence-corrected chi connectivity index (χ0v) is 10.5. The van der Waals surface area contributed by atoms with Gasteiger partial charge in [0.15, 0.2) is 0 Å². The van der Waals surface area contributed by atoms with Crippen molar-refractivity contribution in [2.24, 2.45) is 0 Å². The molecule has 0 spiro atoms. The van der Waals surface area contributed by atoms with E-state index in [1.807, 2.05) is 36.4 Å². The first kappa shape index (κ1) is 12.2. The summed E-state index contributed by atoms with van der Waals surface area (Å²) in [4.78, 5) is 11.6. The van der Waals surface area contributed by atoms with Gasteiger partial charge in [0.2, 0.25) is 0 Å². The smallest absolute Gasteiger partial charge is 0.148 e. The van der Waals surface area contributed by atoms with Crippen LogP contribution in [0.4, 0.5) is 0 Å². The van der Waals surface area contributed by atoms with Crippen LogP contribution in [0, 0.1) is 0 Å². The Morgan fingerprint density at radius 2 is 1.94 bits per heavy atom. The maximum Gasteiger partial charge on any atom is 0.148 e. The zero-order chi connectivity index (χ0) is 12.1. The molecule has 90 valence electrons. The molecule has 3 heteroatoms. The highest BCUT2D eigenvalue weighted by Gasteiger charge is 2.26. The van der Waals surface area contributed by atoms with Gasteiger partial charge in [-0.2, -0.15) is 0 Å². The van der Waals surface area contributed by atoms with Crippen molar-refractivity contribution in [2.75, 3.05) is 0 Å². The first-order chi connectivity index (χ1) is 8.27. The summed E-state index contributed by atoms with van der Waals surface area (Å²) in [7, 11) is -1.17. The van der Waals surface area contributed by atoms with Crippen molar-refractivity contribution >= 4 is 22.7 Å². The van der Waals surface area contributed by atoms with Crippen LogP contribution in [0.1, 0.15) is 31.2 Å². The minimum atomic E-state index is -1.17. The lowest BCUT2D eigenvalue weighted by molar-refractivity contribution is -0.119. The highest BCUT2D eigenvalue weighted by Crippen LogP contribution is 2.20. The third-order valence-corrected chi connectivity index (χ3v) is 4.44. The summed E-state index contributed by atoms with van der Waals surface area (Å²) < 4.78 is 12.0. The lowest BCUT2D eigenvalue weighted by atomic mass is 9.99. The Kier molecular flexibility index (Phi) is 4.26. The normalized spacial score (nSPS) is 22.8. The molecule has 2 rings (SSSR count). The Morgan fingerprint density at radius 1 is 1.18 bits per heavy atom. The van der Waals surface area contributed by atoms with Crippen molar-refractivity contribution < 1.29 is 9.00 Å². The Hall–Kier alpha value is -1.22. The molecule has 1 aromatic carbocycles. The Morgan fingerprint density at radius 3 is 2.65 bits per heavy atom. The predicted octanol–water partition coefficient (Wildman–Crippen LogP) is 2.92. The number of carbonyl (C=O) groups is 1. The van der Waals surface area contributed by atoms with Crippen molar-refractivity contribution in [3.8, 4) is 0 Å². The van der Waals surface area contributed by atoms with Gasteiger partial charge in [-0.25, -0.2) is 0 Å². The van der Waals surface area contributed by atoms with Gasteiger partial charge in [0.1, 0.15) is 5.78 Å². The number of ketones is 1. The molecule has 0 N–H and O–H groups in total. The molecule has 2 unspecified atom stereocenters. The standard InChI is InChI=1S/C14H16O2S/c15-13-8-4-5-9-14(13)17(16)11-10-12-6-2-1-3-7-12/h1-3,6-7,10-11,14H,4-5,8-9H2/b11-10+. The molecule has 0 amide bonds. The van der Waals surface area contributed by atoms with Crippen LogP contribution in [-0.4, -0.2) is 15.2 Å². The van der Waals surface area contributed by atoms with Crippen molar-refractivity contribution in [2.45, 2.75) is 30.9 Å². The molecular formula is C14H16O2S. The van der Waals surface area contributed by atoms with Crippen LogP contribution in [-0.2, 0) is 15.6 Å². The van der Waals surface area contributed by atoms with Crippen LogP contribution in [0.25, 0.3) is 6.08 Å². The molecule has 0 aliphatic heterocycles. The van der Waals surface area contributed by atoms with E-state index in [-0.39, 0.29) is 11.0 Å². The van der Waals surface area contributed by atoms with Gasteiger partial charge < -0.3 is 0 Å². The molecule has 17 heavy (non-hydrogen) atoms. The zero-order valence-electron chi connectivity index (χ0n) is 9.67. The molecular weight excluding hydrogens is 232 g/mol. The molecule has 1 aromatic rings. The second-order valence-corrected chi connectivity index (χ2v) is 5.74. The molecule has 1 fully saturated rings. The van der Waals surface area contributed by atoms with Gasteiger partial charge in [0.25, 0.3) is 0 Å². The van der Waals surface area contributed by atoms with E-state index >= 15 is 0 Å². The Bertz CT molecular complexity index is 437. The number of carbonyl (C=O) groups excluding carboxylic acids is 1. The quantitative estimate of drug-likeness (QED) is 0.824. The molecule has 0 saturated heterocycles. The van der Waals surface area contributed by atoms with Gasteiger partial charge in [-0.1, -0.05) is 36.8 Å². The van der Waals surface area contributed by atoms with E-state index < -0.39 is 10.8 Å². The molecule has 2 nitrogen and oxygen atoms in total. The fraction of sp³-hybridized carbons (Fsp3) is 0.357. The first-order valence-electron chi connectivity index (χ1n) is 5.93. The highest BCUT2D eigenvalue weighted by atomic mass is 32.2. The maximum atomic E-state index is 12.0. The van der Waals surface area contributed by atoms with Crippen LogP contribution in [0.2, 0.25) is 0 Å². The van der Waals surface area contributed by atoms with Crippen LogP contribution >= 0.6 is 0 Å². The van der Waals surface area contributed by atoms with Crippen LogP contribution < -0.4 is 0 Å². The van der Waals surface area contributed by atoms with E-state index in [2.05, 4.69) is 0 Å². The monoisotopic (exact) mass is 248 g/mol. The number of hydrogen-bond acceptors (Lipinski definition) is 2. The summed E-state index contributed by atoms with van der Waals surface area (Å²) in [5.74, 6) is 0.160. The van der Waals surface area contributed by atoms with Gasteiger partial charge >= 0.3 is 0 Å². The second-order valence-electron chi connectivity index (χ2n) is 4.24. The van der Waals surface area contributed by atoms with E-state index in [1.165, 1.54) is 0 Å². The van der Waals surface area contributed by atoms with Crippen molar-refractivity contribution in [3.63, 3.8) is 0 Å². The summed E-state index contributed by atoms with van der Waals surface area (Å²) in [6.45, 7) is 0. The van der Waals surface area contributed by atoms with E-state index in [0.29, 0.717) is 6.42 Å². The fourth-order valence-electron chi connectivity index (χ4n) is 2.00. The SMILES string of the molecule is O=C1CCCCC1S(=O)/C=C/c1ccccc1. The van der Waals surface area contributed by atoms with E-state index in [9.17, 15) is 9.00 Å². The maximum absolute atomic E-state index is 12.0. The molecule has 0 aromatic heterocycles. The minimum Gasteiger partial charge on any atom is -0.298 e. The van der Waals surface area contributed by atoms with E-state index in [0.717, 1.165) is 24.8 Å². The molecule has 1 saturated carbocycles. The predicted molar refractivity (Wildman–Crippen MR) is 70.9 cm³/mol. The largest absolute Gasteiger partial charge is 0.298 e. The number of Topliss-reactive ketones (excluding diaryl/α,β-unsaturated/α-hetero) is 1. The van der Waals surface area contributed by atoms with E-state index in [1.54, 1.807) is 5.41 Å². The summed E-state index contributed by atoms with van der Waals surface area (Å²) in [5, 5.41) is 1.38. The van der Waals surface area contributed by atoms with Gasteiger partial charge in [0.05, 0.1) is 16.0 Å². The van der Waals surface area contributed by atoms with Gasteiger partial charge in [-0.15, -0.1) is 0 Å². The molecule has 0 radical (unpaired) electrons. The summed E-state index contributed by atoms with van der Waals surface area (Å²) in [5.41, 5.74) is 1.02.